The Labute approximate surface area is 64.0 Å². The van der Waals surface area contributed by atoms with Crippen LogP contribution in [-0.4, -0.2) is 12.2 Å². The number of ether oxygens (including phenoxy) is 1. The molecular weight excluding hydrogens is 152 g/mol. The Morgan fingerprint density at radius 3 is 2.70 bits per heavy atom. The fraction of sp³-hybridized carbons (Fsp3) is 0.143. The number of benzene rings is 1. The Morgan fingerprint density at radius 2 is 2.20 bits per heavy atom. The van der Waals surface area contributed by atoms with E-state index in [0.717, 1.165) is 0 Å². The van der Waals surface area contributed by atoms with Crippen molar-refractivity contribution < 1.29 is 9.84 Å². The SMILES string of the molecule is COc1ccc(Cl)c(O)c1. The second kappa shape index (κ2) is 2.80. The molecule has 0 unspecified atom stereocenters. The highest BCUT2D eigenvalue weighted by Crippen LogP contribution is 2.26. The average molecular weight is 159 g/mol. The molecule has 0 aliphatic heterocycles. The highest BCUT2D eigenvalue weighted by Gasteiger charge is 1.97. The van der Waals surface area contributed by atoms with Gasteiger partial charge in [0, 0.05) is 6.07 Å². The minimum Gasteiger partial charge on any atom is -0.506 e. The zero-order valence-corrected chi connectivity index (χ0v) is 6.22. The van der Waals surface area contributed by atoms with E-state index in [4.69, 9.17) is 21.4 Å². The van der Waals surface area contributed by atoms with Gasteiger partial charge in [0.1, 0.15) is 11.5 Å². The molecule has 0 bridgehead atoms. The molecule has 0 spiro atoms. The molecule has 54 valence electrons. The Morgan fingerprint density at radius 1 is 1.50 bits per heavy atom. The predicted molar refractivity (Wildman–Crippen MR) is 39.7 cm³/mol. The maximum Gasteiger partial charge on any atom is 0.137 e. The molecule has 3 heteroatoms. The second-order valence-electron chi connectivity index (χ2n) is 1.82. The molecule has 0 fully saturated rings. The maximum atomic E-state index is 9.02. The van der Waals surface area contributed by atoms with Gasteiger partial charge in [-0.15, -0.1) is 0 Å². The largest absolute Gasteiger partial charge is 0.506 e. The van der Waals surface area contributed by atoms with Gasteiger partial charge in [-0.05, 0) is 12.1 Å². The van der Waals surface area contributed by atoms with Crippen molar-refractivity contribution in [3.63, 3.8) is 0 Å². The van der Waals surface area contributed by atoms with Crippen LogP contribution < -0.4 is 4.74 Å². The normalized spacial score (nSPS) is 9.40. The van der Waals surface area contributed by atoms with E-state index < -0.39 is 0 Å². The fourth-order valence-corrected chi connectivity index (χ4v) is 0.737. The fourth-order valence-electron chi connectivity index (χ4n) is 0.619. The van der Waals surface area contributed by atoms with Crippen LogP contribution in [0.25, 0.3) is 0 Å². The van der Waals surface area contributed by atoms with E-state index >= 15 is 0 Å². The monoisotopic (exact) mass is 158 g/mol. The van der Waals surface area contributed by atoms with Gasteiger partial charge in [0.05, 0.1) is 12.1 Å². The first-order chi connectivity index (χ1) is 4.74. The summed E-state index contributed by atoms with van der Waals surface area (Å²) in [6, 6.07) is 4.72. The van der Waals surface area contributed by atoms with Crippen LogP contribution in [-0.2, 0) is 0 Å². The maximum absolute atomic E-state index is 9.02. The summed E-state index contributed by atoms with van der Waals surface area (Å²) in [6.07, 6.45) is 0. The number of halogens is 1. The molecule has 0 radical (unpaired) electrons. The molecule has 0 aliphatic carbocycles. The Balaban J connectivity index is 3.04. The van der Waals surface area contributed by atoms with E-state index in [0.29, 0.717) is 10.8 Å². The summed E-state index contributed by atoms with van der Waals surface area (Å²) < 4.78 is 4.83. The van der Waals surface area contributed by atoms with Crippen LogP contribution in [0, 0.1) is 0 Å². The molecule has 0 atom stereocenters. The van der Waals surface area contributed by atoms with E-state index in [1.54, 1.807) is 12.1 Å². The first-order valence-corrected chi connectivity index (χ1v) is 3.14. The predicted octanol–water partition coefficient (Wildman–Crippen LogP) is 2.05. The number of aromatic hydroxyl groups is 1. The van der Waals surface area contributed by atoms with Gasteiger partial charge in [0.25, 0.3) is 0 Å². The quantitative estimate of drug-likeness (QED) is 0.678. The summed E-state index contributed by atoms with van der Waals surface area (Å²) in [7, 11) is 1.53. The zero-order valence-electron chi connectivity index (χ0n) is 5.47. The number of hydrogen-bond acceptors (Lipinski definition) is 2. The lowest BCUT2D eigenvalue weighted by atomic mass is 10.3. The standard InChI is InChI=1S/C7H7ClO2/c1-10-5-2-3-6(8)7(9)4-5/h2-4,9H,1H3. The van der Waals surface area contributed by atoms with Crippen molar-refractivity contribution in [3.8, 4) is 11.5 Å². The smallest absolute Gasteiger partial charge is 0.137 e. The zero-order chi connectivity index (χ0) is 7.56. The van der Waals surface area contributed by atoms with Crippen LogP contribution in [0.15, 0.2) is 18.2 Å². The van der Waals surface area contributed by atoms with Crippen molar-refractivity contribution in [2.45, 2.75) is 0 Å². The second-order valence-corrected chi connectivity index (χ2v) is 2.22. The molecule has 1 aromatic carbocycles. The highest BCUT2D eigenvalue weighted by atomic mass is 35.5. The first kappa shape index (κ1) is 7.22. The third kappa shape index (κ3) is 1.33. The summed E-state index contributed by atoms with van der Waals surface area (Å²) in [6.45, 7) is 0. The Hall–Kier alpha value is -0.890. The molecule has 1 aromatic rings. The van der Waals surface area contributed by atoms with Crippen LogP contribution in [0.1, 0.15) is 0 Å². The van der Waals surface area contributed by atoms with Gasteiger partial charge in [0.2, 0.25) is 0 Å². The summed E-state index contributed by atoms with van der Waals surface area (Å²) in [4.78, 5) is 0. The molecule has 0 heterocycles. The lowest BCUT2D eigenvalue weighted by Gasteiger charge is -1.99. The molecule has 0 aliphatic rings. The molecule has 1 rings (SSSR count). The minimum absolute atomic E-state index is 0.0426. The Bertz CT molecular complexity index is 235. The van der Waals surface area contributed by atoms with Gasteiger partial charge in [-0.2, -0.15) is 0 Å². The minimum atomic E-state index is 0.0426. The number of rotatable bonds is 1. The van der Waals surface area contributed by atoms with E-state index in [1.165, 1.54) is 13.2 Å². The van der Waals surface area contributed by atoms with Crippen molar-refractivity contribution in [1.29, 1.82) is 0 Å². The third-order valence-electron chi connectivity index (χ3n) is 1.15. The number of phenolic OH excluding ortho intramolecular Hbond substituents is 1. The van der Waals surface area contributed by atoms with E-state index in [1.807, 2.05) is 0 Å². The molecule has 1 N–H and O–H groups in total. The molecule has 10 heavy (non-hydrogen) atoms. The van der Waals surface area contributed by atoms with Gasteiger partial charge in [0.15, 0.2) is 0 Å². The number of phenols is 1. The van der Waals surface area contributed by atoms with E-state index in [2.05, 4.69) is 0 Å². The van der Waals surface area contributed by atoms with Gasteiger partial charge < -0.3 is 9.84 Å². The van der Waals surface area contributed by atoms with Crippen LogP contribution in [0.5, 0.6) is 11.5 Å². The van der Waals surface area contributed by atoms with Crippen LogP contribution in [0.4, 0.5) is 0 Å². The third-order valence-corrected chi connectivity index (χ3v) is 1.47. The van der Waals surface area contributed by atoms with Gasteiger partial charge >= 0.3 is 0 Å². The summed E-state index contributed by atoms with van der Waals surface area (Å²) in [5, 5.41) is 9.35. The van der Waals surface area contributed by atoms with Crippen molar-refractivity contribution in [2.75, 3.05) is 7.11 Å². The van der Waals surface area contributed by atoms with Gasteiger partial charge in [-0.3, -0.25) is 0 Å². The first-order valence-electron chi connectivity index (χ1n) is 2.76. The van der Waals surface area contributed by atoms with Gasteiger partial charge in [-0.25, -0.2) is 0 Å². The molecule has 0 saturated carbocycles. The molecule has 0 saturated heterocycles. The topological polar surface area (TPSA) is 29.5 Å². The number of hydrogen-bond donors (Lipinski definition) is 1. The molecule has 0 aromatic heterocycles. The van der Waals surface area contributed by atoms with Crippen molar-refractivity contribution in [1.82, 2.24) is 0 Å². The van der Waals surface area contributed by atoms with E-state index in [-0.39, 0.29) is 5.75 Å². The molecule has 0 amide bonds. The lowest BCUT2D eigenvalue weighted by molar-refractivity contribution is 0.408. The highest BCUT2D eigenvalue weighted by molar-refractivity contribution is 6.32. The van der Waals surface area contributed by atoms with Crippen molar-refractivity contribution in [3.05, 3.63) is 23.2 Å². The molecular formula is C7H7ClO2. The molecule has 2 nitrogen and oxygen atoms in total. The summed E-state index contributed by atoms with van der Waals surface area (Å²) in [5.74, 6) is 0.642. The van der Waals surface area contributed by atoms with Crippen LogP contribution in [0.3, 0.4) is 0 Å². The lowest BCUT2D eigenvalue weighted by Crippen LogP contribution is -1.80. The van der Waals surface area contributed by atoms with E-state index in [9.17, 15) is 0 Å². The number of methoxy groups -OCH3 is 1. The summed E-state index contributed by atoms with van der Waals surface area (Å²) >= 11 is 5.53. The van der Waals surface area contributed by atoms with Crippen LogP contribution in [0.2, 0.25) is 5.02 Å². The average Bonchev–Trinajstić information content (AvgIpc) is 1.95. The van der Waals surface area contributed by atoms with Gasteiger partial charge in [-0.1, -0.05) is 11.6 Å². The van der Waals surface area contributed by atoms with Crippen molar-refractivity contribution >= 4 is 11.6 Å². The van der Waals surface area contributed by atoms with Crippen LogP contribution >= 0.6 is 11.6 Å². The Kier molecular flexibility index (Phi) is 2.02. The van der Waals surface area contributed by atoms with Crippen molar-refractivity contribution in [2.24, 2.45) is 0 Å². The summed E-state index contributed by atoms with van der Waals surface area (Å²) in [5.41, 5.74) is 0.